The van der Waals surface area contributed by atoms with Crippen LogP contribution in [0.4, 0.5) is 5.69 Å². The van der Waals surface area contributed by atoms with Gasteiger partial charge in [0.15, 0.2) is 0 Å². The summed E-state index contributed by atoms with van der Waals surface area (Å²) in [4.78, 5) is 25.6. The highest BCUT2D eigenvalue weighted by molar-refractivity contribution is 5.81. The second kappa shape index (κ2) is 20.8. The summed E-state index contributed by atoms with van der Waals surface area (Å²) in [5.41, 5.74) is 4.53. The van der Waals surface area contributed by atoms with Crippen LogP contribution < -0.4 is 10.1 Å². The minimum Gasteiger partial charge on any atom is -0.496 e. The average molecular weight is 581 g/mol. The van der Waals surface area contributed by atoms with Crippen LogP contribution in [0.15, 0.2) is 36.4 Å². The molecule has 6 nitrogen and oxygen atoms in total. The summed E-state index contributed by atoms with van der Waals surface area (Å²) in [6.45, 7) is 7.81. The summed E-state index contributed by atoms with van der Waals surface area (Å²) in [5, 5.41) is 13.0. The van der Waals surface area contributed by atoms with E-state index in [0.29, 0.717) is 24.4 Å². The van der Waals surface area contributed by atoms with Gasteiger partial charge in [-0.05, 0) is 42.7 Å². The summed E-state index contributed by atoms with van der Waals surface area (Å²) in [7, 11) is 1.63. The van der Waals surface area contributed by atoms with Gasteiger partial charge in [0, 0.05) is 43.4 Å². The molecule has 0 saturated heterocycles. The maximum absolute atomic E-state index is 12.4. The van der Waals surface area contributed by atoms with E-state index in [2.05, 4.69) is 18.3 Å². The number of aliphatic carboxylic acids is 1. The lowest BCUT2D eigenvalue weighted by molar-refractivity contribution is -0.136. The van der Waals surface area contributed by atoms with Crippen molar-refractivity contribution in [2.24, 2.45) is 0 Å². The number of anilines is 1. The number of benzene rings is 2. The summed E-state index contributed by atoms with van der Waals surface area (Å²) in [6.07, 6.45) is 18.7. The molecular weight excluding hydrogens is 524 g/mol. The molecule has 0 aliphatic rings. The Kier molecular flexibility index (Phi) is 17.4. The Morgan fingerprint density at radius 3 is 1.93 bits per heavy atom. The predicted octanol–water partition coefficient (Wildman–Crippen LogP) is 9.25. The number of rotatable bonds is 23. The van der Waals surface area contributed by atoms with Gasteiger partial charge < -0.3 is 20.1 Å². The molecule has 0 atom stereocenters. The van der Waals surface area contributed by atoms with E-state index in [0.717, 1.165) is 35.3 Å². The number of nitrogens with zero attached hydrogens (tertiary/aromatic N) is 1. The number of ether oxygens (including phenoxy) is 1. The number of nitrogens with one attached hydrogen (secondary N) is 1. The molecule has 0 spiro atoms. The predicted molar refractivity (Wildman–Crippen MR) is 175 cm³/mol. The molecule has 2 aromatic carbocycles. The quantitative estimate of drug-likeness (QED) is 0.128. The lowest BCUT2D eigenvalue weighted by Crippen LogP contribution is -2.28. The fraction of sp³-hybridized carbons (Fsp3) is 0.611. The standard InChI is InChI=1S/C36H56N2O4/c1-5-7-8-9-10-11-12-13-14-15-16-17-18-19-25-37-34-22-20-21-31(33(34)28-38(6-2)29(3)39)32-26-30(27-36(40)41)23-24-35(32)42-4/h20-24,26,37H,5-19,25,27-28H2,1-4H3,(H,40,41). The minimum atomic E-state index is -0.872. The number of carboxylic acids is 1. The van der Waals surface area contributed by atoms with Gasteiger partial charge in [0.25, 0.3) is 0 Å². The Hall–Kier alpha value is -3.02. The van der Waals surface area contributed by atoms with Crippen molar-refractivity contribution in [3.63, 3.8) is 0 Å². The van der Waals surface area contributed by atoms with Crippen LogP contribution in [0.5, 0.6) is 5.75 Å². The molecule has 0 bridgehead atoms. The normalized spacial score (nSPS) is 11.0. The Balaban J connectivity index is 1.95. The van der Waals surface area contributed by atoms with Crippen LogP contribution in [0.3, 0.4) is 0 Å². The molecule has 42 heavy (non-hydrogen) atoms. The van der Waals surface area contributed by atoms with Crippen molar-refractivity contribution in [3.05, 3.63) is 47.5 Å². The summed E-state index contributed by atoms with van der Waals surface area (Å²) in [5.74, 6) is -0.166. The molecule has 0 unspecified atom stereocenters. The van der Waals surface area contributed by atoms with Crippen LogP contribution in [0.2, 0.25) is 0 Å². The molecule has 2 N–H and O–H groups in total. The highest BCUT2D eigenvalue weighted by Gasteiger charge is 2.18. The molecule has 0 saturated carbocycles. The van der Waals surface area contributed by atoms with Crippen molar-refractivity contribution in [3.8, 4) is 16.9 Å². The van der Waals surface area contributed by atoms with Crippen molar-refractivity contribution in [2.45, 2.75) is 124 Å². The van der Waals surface area contributed by atoms with E-state index >= 15 is 0 Å². The lowest BCUT2D eigenvalue weighted by atomic mass is 9.94. The zero-order valence-electron chi connectivity index (χ0n) is 26.8. The molecule has 0 aliphatic carbocycles. The Morgan fingerprint density at radius 1 is 0.810 bits per heavy atom. The van der Waals surface area contributed by atoms with Crippen LogP contribution in [0.1, 0.15) is 122 Å². The van der Waals surface area contributed by atoms with Gasteiger partial charge in [-0.3, -0.25) is 9.59 Å². The molecular formula is C36H56N2O4. The first-order valence-corrected chi connectivity index (χ1v) is 16.4. The third-order valence-electron chi connectivity index (χ3n) is 8.11. The lowest BCUT2D eigenvalue weighted by Gasteiger charge is -2.24. The highest BCUT2D eigenvalue weighted by Crippen LogP contribution is 2.37. The zero-order valence-corrected chi connectivity index (χ0v) is 26.8. The number of carbonyl (C=O) groups excluding carboxylic acids is 1. The molecule has 6 heteroatoms. The third-order valence-corrected chi connectivity index (χ3v) is 8.11. The Morgan fingerprint density at radius 2 is 1.40 bits per heavy atom. The molecule has 234 valence electrons. The average Bonchev–Trinajstić information content (AvgIpc) is 2.97. The maximum atomic E-state index is 12.4. The molecule has 0 radical (unpaired) electrons. The molecule has 0 fully saturated rings. The van der Waals surface area contributed by atoms with Gasteiger partial charge in [-0.15, -0.1) is 0 Å². The second-order valence-electron chi connectivity index (χ2n) is 11.5. The second-order valence-corrected chi connectivity index (χ2v) is 11.5. The van der Waals surface area contributed by atoms with E-state index in [9.17, 15) is 14.7 Å². The van der Waals surface area contributed by atoms with Gasteiger partial charge in [0.1, 0.15) is 5.75 Å². The van der Waals surface area contributed by atoms with Gasteiger partial charge in [0.2, 0.25) is 5.91 Å². The summed E-state index contributed by atoms with van der Waals surface area (Å²) in [6, 6.07) is 11.6. The van der Waals surface area contributed by atoms with Crippen LogP contribution in [0.25, 0.3) is 11.1 Å². The third kappa shape index (κ3) is 12.9. The van der Waals surface area contributed by atoms with E-state index < -0.39 is 5.97 Å². The number of amides is 1. The Bertz CT molecular complexity index is 1070. The van der Waals surface area contributed by atoms with Gasteiger partial charge in [-0.25, -0.2) is 0 Å². The number of hydrogen-bond donors (Lipinski definition) is 2. The van der Waals surface area contributed by atoms with Crippen molar-refractivity contribution in [1.82, 2.24) is 4.90 Å². The van der Waals surface area contributed by atoms with Gasteiger partial charge in [0.05, 0.1) is 13.5 Å². The van der Waals surface area contributed by atoms with E-state index in [1.165, 1.54) is 83.5 Å². The number of carbonyl (C=O) groups is 2. The van der Waals surface area contributed by atoms with Crippen LogP contribution in [-0.2, 0) is 22.6 Å². The van der Waals surface area contributed by atoms with Gasteiger partial charge in [-0.1, -0.05) is 109 Å². The number of carboxylic acid groups (broad SMARTS) is 1. The highest BCUT2D eigenvalue weighted by atomic mass is 16.5. The number of hydrogen-bond acceptors (Lipinski definition) is 4. The topological polar surface area (TPSA) is 78.9 Å². The first kappa shape index (κ1) is 35.2. The molecule has 1 amide bonds. The fourth-order valence-corrected chi connectivity index (χ4v) is 5.60. The SMILES string of the molecule is CCCCCCCCCCCCCCCCNc1cccc(-c2cc(CC(=O)O)ccc2OC)c1CN(CC)C(C)=O. The Labute approximate surface area is 255 Å². The molecule has 0 aliphatic heterocycles. The molecule has 0 heterocycles. The summed E-state index contributed by atoms with van der Waals surface area (Å²) >= 11 is 0. The monoisotopic (exact) mass is 580 g/mol. The summed E-state index contributed by atoms with van der Waals surface area (Å²) < 4.78 is 5.68. The molecule has 2 aromatic rings. The van der Waals surface area contributed by atoms with E-state index in [-0.39, 0.29) is 12.3 Å². The van der Waals surface area contributed by atoms with E-state index in [1.807, 2.05) is 36.1 Å². The number of methoxy groups -OCH3 is 1. The molecule has 0 aromatic heterocycles. The van der Waals surface area contributed by atoms with Crippen molar-refractivity contribution in [2.75, 3.05) is 25.5 Å². The first-order chi connectivity index (χ1) is 20.4. The zero-order chi connectivity index (χ0) is 30.6. The van der Waals surface area contributed by atoms with Crippen LogP contribution in [0, 0.1) is 0 Å². The number of unbranched alkanes of at least 4 members (excludes halogenated alkanes) is 13. The van der Waals surface area contributed by atoms with Crippen LogP contribution >= 0.6 is 0 Å². The van der Waals surface area contributed by atoms with Gasteiger partial charge >= 0.3 is 5.97 Å². The van der Waals surface area contributed by atoms with Crippen molar-refractivity contribution in [1.29, 1.82) is 0 Å². The van der Waals surface area contributed by atoms with E-state index in [1.54, 1.807) is 20.1 Å². The van der Waals surface area contributed by atoms with Crippen LogP contribution in [-0.4, -0.2) is 42.1 Å². The van der Waals surface area contributed by atoms with Gasteiger partial charge in [-0.2, -0.15) is 0 Å². The van der Waals surface area contributed by atoms with E-state index in [4.69, 9.17) is 4.74 Å². The van der Waals surface area contributed by atoms with Crippen molar-refractivity contribution < 1.29 is 19.4 Å². The first-order valence-electron chi connectivity index (χ1n) is 16.4. The maximum Gasteiger partial charge on any atom is 0.307 e. The minimum absolute atomic E-state index is 0.0248. The van der Waals surface area contributed by atoms with Crippen molar-refractivity contribution >= 4 is 17.6 Å². The largest absolute Gasteiger partial charge is 0.496 e. The smallest absolute Gasteiger partial charge is 0.307 e. The fourth-order valence-electron chi connectivity index (χ4n) is 5.60. The molecule has 2 rings (SSSR count).